The van der Waals surface area contributed by atoms with E-state index in [0.717, 1.165) is 10.9 Å². The van der Waals surface area contributed by atoms with Crippen LogP contribution in [0.3, 0.4) is 0 Å². The fourth-order valence-corrected chi connectivity index (χ4v) is 1.84. The van der Waals surface area contributed by atoms with Gasteiger partial charge in [0.1, 0.15) is 25.1 Å². The minimum atomic E-state index is -1.41. The highest BCUT2D eigenvalue weighted by Crippen LogP contribution is 2.30. The summed E-state index contributed by atoms with van der Waals surface area (Å²) in [6.07, 6.45) is -2.60. The van der Waals surface area contributed by atoms with Crippen LogP contribution < -0.4 is 11.4 Å². The first-order chi connectivity index (χ1) is 9.08. The molecule has 11 heteroatoms. The van der Waals surface area contributed by atoms with Gasteiger partial charge in [-0.3, -0.25) is 4.57 Å². The van der Waals surface area contributed by atoms with E-state index in [4.69, 9.17) is 10.5 Å². The van der Waals surface area contributed by atoms with Crippen LogP contribution in [0.5, 0.6) is 0 Å². The van der Waals surface area contributed by atoms with Crippen molar-refractivity contribution in [1.29, 1.82) is 0 Å². The standard InChI is InChI=1S/C8H10N6O5/c9-7-10-2-14(8(16)12-7)6-5(15)4(13-18)3(19-6)1-11-17/h2-6,15H,1H2,(H2,9,12,16). The number of aliphatic hydroxyl groups excluding tert-OH is 1. The second-order valence-electron chi connectivity index (χ2n) is 3.87. The monoisotopic (exact) mass is 270 g/mol. The number of aromatic nitrogens is 3. The van der Waals surface area contributed by atoms with Gasteiger partial charge in [-0.1, -0.05) is 10.4 Å². The summed E-state index contributed by atoms with van der Waals surface area (Å²) in [5.41, 5.74) is 4.42. The lowest BCUT2D eigenvalue weighted by Gasteiger charge is -2.15. The molecular weight excluding hydrogens is 260 g/mol. The first-order valence-electron chi connectivity index (χ1n) is 5.24. The normalized spacial score (nSPS) is 30.2. The number of hydrogen-bond acceptors (Lipinski definition) is 10. The Kier molecular flexibility index (Phi) is 3.57. The fraction of sp³-hybridized carbons (Fsp3) is 0.625. The van der Waals surface area contributed by atoms with Crippen LogP contribution in [0.2, 0.25) is 0 Å². The van der Waals surface area contributed by atoms with Crippen LogP contribution in [0.25, 0.3) is 0 Å². The van der Waals surface area contributed by atoms with Gasteiger partial charge in [-0.25, -0.2) is 9.78 Å². The number of ether oxygens (including phenoxy) is 1. The largest absolute Gasteiger partial charge is 0.386 e. The van der Waals surface area contributed by atoms with Crippen molar-refractivity contribution in [2.45, 2.75) is 24.5 Å². The number of anilines is 1. The lowest BCUT2D eigenvalue weighted by molar-refractivity contribution is -0.0376. The van der Waals surface area contributed by atoms with Crippen molar-refractivity contribution in [2.75, 3.05) is 12.3 Å². The molecule has 1 aliphatic heterocycles. The van der Waals surface area contributed by atoms with Gasteiger partial charge < -0.3 is 15.6 Å². The summed E-state index contributed by atoms with van der Waals surface area (Å²) in [4.78, 5) is 39.4. The molecular formula is C8H10N6O5. The van der Waals surface area contributed by atoms with Crippen LogP contribution in [0.15, 0.2) is 21.5 Å². The molecule has 1 aromatic heterocycles. The summed E-state index contributed by atoms with van der Waals surface area (Å²) < 4.78 is 6.09. The third-order valence-corrected chi connectivity index (χ3v) is 2.73. The predicted molar refractivity (Wildman–Crippen MR) is 60.9 cm³/mol. The van der Waals surface area contributed by atoms with Crippen molar-refractivity contribution >= 4 is 5.95 Å². The van der Waals surface area contributed by atoms with Gasteiger partial charge in [-0.15, -0.1) is 0 Å². The number of hydrogen-bond donors (Lipinski definition) is 2. The van der Waals surface area contributed by atoms with Crippen LogP contribution in [0, 0.1) is 9.81 Å². The molecule has 3 N–H and O–H groups in total. The van der Waals surface area contributed by atoms with Crippen molar-refractivity contribution < 1.29 is 9.84 Å². The highest BCUT2D eigenvalue weighted by molar-refractivity contribution is 5.10. The van der Waals surface area contributed by atoms with Crippen LogP contribution in [-0.4, -0.2) is 44.4 Å². The second-order valence-corrected chi connectivity index (χ2v) is 3.87. The molecule has 1 saturated heterocycles. The van der Waals surface area contributed by atoms with E-state index in [0.29, 0.717) is 0 Å². The average Bonchev–Trinajstić information content (AvgIpc) is 2.66. The molecule has 1 aliphatic rings. The lowest BCUT2D eigenvalue weighted by atomic mass is 10.1. The number of nitrogens with two attached hydrogens (primary N) is 1. The highest BCUT2D eigenvalue weighted by atomic mass is 16.5. The van der Waals surface area contributed by atoms with E-state index in [1.54, 1.807) is 0 Å². The molecule has 1 fully saturated rings. The molecule has 0 radical (unpaired) electrons. The van der Waals surface area contributed by atoms with E-state index in [2.05, 4.69) is 20.3 Å². The Balaban J connectivity index is 2.33. The van der Waals surface area contributed by atoms with Crippen LogP contribution in [0.1, 0.15) is 6.23 Å². The molecule has 0 aliphatic carbocycles. The Labute approximate surface area is 105 Å². The van der Waals surface area contributed by atoms with E-state index in [1.165, 1.54) is 0 Å². The molecule has 0 spiro atoms. The third-order valence-electron chi connectivity index (χ3n) is 2.73. The van der Waals surface area contributed by atoms with Gasteiger partial charge in [0.15, 0.2) is 12.3 Å². The molecule has 2 heterocycles. The van der Waals surface area contributed by atoms with Gasteiger partial charge in [0.2, 0.25) is 5.95 Å². The van der Waals surface area contributed by atoms with Crippen molar-refractivity contribution in [1.82, 2.24) is 14.5 Å². The Morgan fingerprint density at radius 3 is 2.84 bits per heavy atom. The zero-order chi connectivity index (χ0) is 14.0. The van der Waals surface area contributed by atoms with Gasteiger partial charge in [0.25, 0.3) is 0 Å². The number of nitrogens with zero attached hydrogens (tertiary/aromatic N) is 5. The summed E-state index contributed by atoms with van der Waals surface area (Å²) >= 11 is 0. The summed E-state index contributed by atoms with van der Waals surface area (Å²) in [5.74, 6) is -0.232. The Bertz CT molecular complexity index is 547. The lowest BCUT2D eigenvalue weighted by Crippen LogP contribution is -2.35. The zero-order valence-corrected chi connectivity index (χ0v) is 9.49. The van der Waals surface area contributed by atoms with Gasteiger partial charge in [-0.2, -0.15) is 14.8 Å². The minimum absolute atomic E-state index is 0.232. The first kappa shape index (κ1) is 13.2. The molecule has 4 atom stereocenters. The molecule has 19 heavy (non-hydrogen) atoms. The molecule has 4 unspecified atom stereocenters. The number of aliphatic hydroxyl groups is 1. The molecule has 0 amide bonds. The maximum Gasteiger partial charge on any atom is 0.354 e. The Morgan fingerprint density at radius 1 is 1.53 bits per heavy atom. The summed E-state index contributed by atoms with van der Waals surface area (Å²) in [7, 11) is 0. The van der Waals surface area contributed by atoms with Gasteiger partial charge >= 0.3 is 5.69 Å². The topological polar surface area (TPSA) is 162 Å². The maximum atomic E-state index is 11.6. The van der Waals surface area contributed by atoms with Gasteiger partial charge in [0.05, 0.1) is 0 Å². The van der Waals surface area contributed by atoms with Crippen molar-refractivity contribution in [2.24, 2.45) is 10.4 Å². The Morgan fingerprint density at radius 2 is 2.26 bits per heavy atom. The number of rotatable bonds is 4. The van der Waals surface area contributed by atoms with E-state index in [1.807, 2.05) is 0 Å². The summed E-state index contributed by atoms with van der Waals surface area (Å²) in [6, 6.07) is -1.20. The molecule has 0 aromatic carbocycles. The van der Waals surface area contributed by atoms with Crippen LogP contribution in [0.4, 0.5) is 5.95 Å². The third kappa shape index (κ3) is 2.32. The zero-order valence-electron chi connectivity index (χ0n) is 9.49. The van der Waals surface area contributed by atoms with Gasteiger partial charge in [0, 0.05) is 0 Å². The van der Waals surface area contributed by atoms with Crippen LogP contribution >= 0.6 is 0 Å². The quantitative estimate of drug-likeness (QED) is 0.616. The van der Waals surface area contributed by atoms with E-state index in [9.17, 15) is 19.7 Å². The van der Waals surface area contributed by atoms with Crippen LogP contribution in [-0.2, 0) is 4.74 Å². The summed E-state index contributed by atoms with van der Waals surface area (Å²) in [6.45, 7) is -0.367. The maximum absolute atomic E-state index is 11.6. The Hall–Kier alpha value is -2.27. The molecule has 11 nitrogen and oxygen atoms in total. The molecule has 102 valence electrons. The molecule has 2 rings (SSSR count). The molecule has 1 aromatic rings. The number of nitrogen functional groups attached to an aromatic ring is 1. The number of nitroso groups, excluding NO2 is 2. The van der Waals surface area contributed by atoms with Gasteiger partial charge in [-0.05, 0) is 0 Å². The molecule has 0 saturated carbocycles. The smallest absolute Gasteiger partial charge is 0.354 e. The average molecular weight is 270 g/mol. The first-order valence-corrected chi connectivity index (χ1v) is 5.24. The highest BCUT2D eigenvalue weighted by Gasteiger charge is 2.46. The fourth-order valence-electron chi connectivity index (χ4n) is 1.84. The van der Waals surface area contributed by atoms with E-state index in [-0.39, 0.29) is 12.5 Å². The van der Waals surface area contributed by atoms with Crippen molar-refractivity contribution in [3.63, 3.8) is 0 Å². The van der Waals surface area contributed by atoms with Crippen molar-refractivity contribution in [3.05, 3.63) is 26.6 Å². The SMILES string of the molecule is Nc1ncn(C2OC(CN=O)C(N=O)C2O)c(=O)n1. The van der Waals surface area contributed by atoms with E-state index >= 15 is 0 Å². The second kappa shape index (κ2) is 5.16. The van der Waals surface area contributed by atoms with Crippen molar-refractivity contribution in [3.8, 4) is 0 Å². The summed E-state index contributed by atoms with van der Waals surface area (Å²) in [5, 5.41) is 15.2. The predicted octanol–water partition coefficient (Wildman–Crippen LogP) is -1.62. The molecule has 0 bridgehead atoms. The minimum Gasteiger partial charge on any atom is -0.386 e. The van der Waals surface area contributed by atoms with E-state index < -0.39 is 30.2 Å².